The fourth-order valence-corrected chi connectivity index (χ4v) is 5.77. The summed E-state index contributed by atoms with van der Waals surface area (Å²) in [7, 11) is 3.11. The molecule has 3 N–H and O–H groups in total. The quantitative estimate of drug-likeness (QED) is 0.218. The number of carbonyl (C=O) groups is 1. The Morgan fingerprint density at radius 3 is 2.05 bits per heavy atom. The molecular formula is C31H32Cl2N6O3. The molecule has 0 saturated carbocycles. The molecule has 3 heterocycles. The van der Waals surface area contributed by atoms with Gasteiger partial charge >= 0.3 is 0 Å². The van der Waals surface area contributed by atoms with E-state index in [1.807, 2.05) is 43.3 Å². The van der Waals surface area contributed by atoms with Gasteiger partial charge in [-0.05, 0) is 32.6 Å². The van der Waals surface area contributed by atoms with Crippen LogP contribution in [-0.4, -0.2) is 46.1 Å². The number of amides is 1. The molecule has 0 spiro atoms. The molecule has 5 rings (SSSR count). The maximum Gasteiger partial charge on any atom is 0.237 e. The third-order valence-corrected chi connectivity index (χ3v) is 8.10. The first-order chi connectivity index (χ1) is 20.3. The lowest BCUT2D eigenvalue weighted by molar-refractivity contribution is -0.119. The fourth-order valence-electron chi connectivity index (χ4n) is 5.12. The van der Waals surface area contributed by atoms with Crippen molar-refractivity contribution < 1.29 is 14.3 Å². The number of ether oxygens (including phenoxy) is 2. The van der Waals surface area contributed by atoms with E-state index in [0.29, 0.717) is 62.9 Å². The lowest BCUT2D eigenvalue weighted by atomic mass is 9.98. The first-order valence-corrected chi connectivity index (χ1v) is 14.5. The molecule has 0 unspecified atom stereocenters. The average molecular weight is 608 g/mol. The maximum atomic E-state index is 11.5. The largest absolute Gasteiger partial charge is 0.480 e. The lowest BCUT2D eigenvalue weighted by Gasteiger charge is -2.15. The lowest BCUT2D eigenvalue weighted by Crippen LogP contribution is -2.25. The zero-order valence-electron chi connectivity index (χ0n) is 23.7. The Kier molecular flexibility index (Phi) is 9.21. The van der Waals surface area contributed by atoms with Crippen LogP contribution >= 0.6 is 23.2 Å². The molecule has 42 heavy (non-hydrogen) atoms. The number of halogens is 2. The molecular weight excluding hydrogens is 575 g/mol. The molecule has 1 fully saturated rings. The van der Waals surface area contributed by atoms with Gasteiger partial charge in [0.15, 0.2) is 0 Å². The van der Waals surface area contributed by atoms with E-state index in [-0.39, 0.29) is 18.0 Å². The van der Waals surface area contributed by atoms with Crippen LogP contribution in [0.2, 0.25) is 10.0 Å². The summed E-state index contributed by atoms with van der Waals surface area (Å²) in [6.45, 7) is 1.82. The molecule has 0 aliphatic carbocycles. The number of nitrogens with one attached hydrogen (secondary N) is 1. The van der Waals surface area contributed by atoms with E-state index in [9.17, 15) is 4.79 Å². The molecule has 11 heteroatoms. The molecule has 1 amide bonds. The highest BCUT2D eigenvalue weighted by molar-refractivity contribution is 6.39. The number of nitrogens with zero attached hydrogens (tertiary/aromatic N) is 4. The van der Waals surface area contributed by atoms with Gasteiger partial charge in [0.05, 0.1) is 48.0 Å². The van der Waals surface area contributed by atoms with Crippen LogP contribution in [0.15, 0.2) is 48.8 Å². The van der Waals surface area contributed by atoms with E-state index in [1.54, 1.807) is 19.5 Å². The summed E-state index contributed by atoms with van der Waals surface area (Å²) < 4.78 is 11.0. The second kappa shape index (κ2) is 13.0. The van der Waals surface area contributed by atoms with Crippen molar-refractivity contribution in [1.82, 2.24) is 25.3 Å². The van der Waals surface area contributed by atoms with Gasteiger partial charge in [-0.1, -0.05) is 59.6 Å². The monoisotopic (exact) mass is 606 g/mol. The number of carbonyl (C=O) groups excluding carboxylic acids is 1. The molecule has 0 radical (unpaired) electrons. The van der Waals surface area contributed by atoms with E-state index in [1.165, 1.54) is 7.11 Å². The van der Waals surface area contributed by atoms with Crippen LogP contribution in [0.4, 0.5) is 0 Å². The highest BCUT2D eigenvalue weighted by atomic mass is 35.5. The van der Waals surface area contributed by atoms with Crippen LogP contribution in [0.25, 0.3) is 33.6 Å². The summed E-state index contributed by atoms with van der Waals surface area (Å²) in [6, 6.07) is 11.3. The van der Waals surface area contributed by atoms with Gasteiger partial charge in [0.2, 0.25) is 17.7 Å². The topological polar surface area (TPSA) is 125 Å². The maximum absolute atomic E-state index is 11.5. The third-order valence-electron chi connectivity index (χ3n) is 7.29. The van der Waals surface area contributed by atoms with Gasteiger partial charge in [0.25, 0.3) is 0 Å². The van der Waals surface area contributed by atoms with Crippen LogP contribution in [-0.2, 0) is 11.2 Å². The second-order valence-electron chi connectivity index (χ2n) is 10.2. The summed E-state index contributed by atoms with van der Waals surface area (Å²) in [6.07, 6.45) is 7.27. The predicted octanol–water partition coefficient (Wildman–Crippen LogP) is 6.21. The smallest absolute Gasteiger partial charge is 0.237 e. The van der Waals surface area contributed by atoms with Crippen LogP contribution in [0.5, 0.6) is 11.8 Å². The Bertz CT molecular complexity index is 1610. The van der Waals surface area contributed by atoms with Crippen molar-refractivity contribution in [3.8, 4) is 45.4 Å². The summed E-state index contributed by atoms with van der Waals surface area (Å²) in [5, 5.41) is 3.96. The van der Waals surface area contributed by atoms with Crippen molar-refractivity contribution >= 4 is 29.1 Å². The molecule has 1 aliphatic heterocycles. The van der Waals surface area contributed by atoms with Gasteiger partial charge in [0, 0.05) is 40.8 Å². The molecule has 1 saturated heterocycles. The number of rotatable bonds is 10. The number of benzene rings is 2. The van der Waals surface area contributed by atoms with E-state index in [0.717, 1.165) is 36.1 Å². The van der Waals surface area contributed by atoms with Gasteiger partial charge in [-0.25, -0.2) is 9.97 Å². The van der Waals surface area contributed by atoms with E-state index >= 15 is 0 Å². The zero-order valence-corrected chi connectivity index (χ0v) is 25.2. The average Bonchev–Trinajstić information content (AvgIpc) is 3.42. The van der Waals surface area contributed by atoms with Crippen molar-refractivity contribution in [1.29, 1.82) is 0 Å². The van der Waals surface area contributed by atoms with Crippen LogP contribution < -0.4 is 20.5 Å². The molecule has 2 aromatic carbocycles. The van der Waals surface area contributed by atoms with Gasteiger partial charge < -0.3 is 20.5 Å². The highest BCUT2D eigenvalue weighted by Gasteiger charge is 2.22. The number of aromatic nitrogens is 4. The SMILES string of the molecule is COc1nc(-c2cccc(-c3cccc(-c4cnc([C@@H](C)N)c(OC)n4)c3Cl)c2Cl)cnc1CCC[C@@H]1CCC(=O)N1. The van der Waals surface area contributed by atoms with Crippen molar-refractivity contribution in [3.05, 3.63) is 70.2 Å². The molecule has 2 atom stereocenters. The number of hydrogen-bond donors (Lipinski definition) is 2. The second-order valence-corrected chi connectivity index (χ2v) is 10.9. The first kappa shape index (κ1) is 29.7. The predicted molar refractivity (Wildman–Crippen MR) is 164 cm³/mol. The summed E-state index contributed by atoms with van der Waals surface area (Å²) in [5.74, 6) is 0.927. The van der Waals surface area contributed by atoms with Crippen molar-refractivity contribution in [2.75, 3.05) is 14.2 Å². The highest BCUT2D eigenvalue weighted by Crippen LogP contribution is 2.42. The van der Waals surface area contributed by atoms with E-state index in [4.69, 9.17) is 43.4 Å². The molecule has 0 bridgehead atoms. The Labute approximate surface area is 254 Å². The Hall–Kier alpha value is -3.79. The zero-order chi connectivity index (χ0) is 29.8. The van der Waals surface area contributed by atoms with Crippen molar-refractivity contribution in [2.24, 2.45) is 5.73 Å². The minimum Gasteiger partial charge on any atom is -0.480 e. The van der Waals surface area contributed by atoms with Crippen molar-refractivity contribution in [3.63, 3.8) is 0 Å². The van der Waals surface area contributed by atoms with Crippen molar-refractivity contribution in [2.45, 2.75) is 51.1 Å². The summed E-state index contributed by atoms with van der Waals surface area (Å²) >= 11 is 13.9. The Morgan fingerprint density at radius 2 is 1.50 bits per heavy atom. The summed E-state index contributed by atoms with van der Waals surface area (Å²) in [5.41, 5.74) is 11.3. The molecule has 4 aromatic rings. The van der Waals surface area contributed by atoms with Crippen LogP contribution in [0.1, 0.15) is 50.0 Å². The van der Waals surface area contributed by atoms with Gasteiger partial charge in [-0.3, -0.25) is 14.8 Å². The first-order valence-electron chi connectivity index (χ1n) is 13.7. The number of hydrogen-bond acceptors (Lipinski definition) is 8. The van der Waals surface area contributed by atoms with Crippen LogP contribution in [0.3, 0.4) is 0 Å². The number of methoxy groups -OCH3 is 2. The number of nitrogens with two attached hydrogens (primary N) is 1. The Morgan fingerprint density at radius 1 is 0.929 bits per heavy atom. The molecule has 2 aromatic heterocycles. The standard InChI is InChI=1S/C31H32Cl2N6O3/c1-17(34)29-31(42-3)39-25(16-36-29)22-11-6-9-20(28(22)33)19-8-5-10-21(27(19)32)24-15-35-23(30(38-24)41-2)12-4-7-18-13-14-26(40)37-18/h5-6,8-11,15-18H,4,7,12-14,34H2,1-3H3,(H,37,40)/t17-,18-/m1/s1. The van der Waals surface area contributed by atoms with E-state index < -0.39 is 0 Å². The normalized spacial score (nSPS) is 15.4. The minimum absolute atomic E-state index is 0.124. The van der Waals surface area contributed by atoms with Crippen LogP contribution in [0, 0.1) is 0 Å². The minimum atomic E-state index is -0.332. The van der Waals surface area contributed by atoms with E-state index in [2.05, 4.69) is 20.3 Å². The third kappa shape index (κ3) is 6.18. The van der Waals surface area contributed by atoms with Gasteiger partial charge in [-0.15, -0.1) is 0 Å². The van der Waals surface area contributed by atoms with Gasteiger partial charge in [-0.2, -0.15) is 0 Å². The molecule has 1 aliphatic rings. The molecule has 9 nitrogen and oxygen atoms in total. The fraction of sp³-hybridized carbons (Fsp3) is 0.323. The summed E-state index contributed by atoms with van der Waals surface area (Å²) in [4.78, 5) is 29.9. The Balaban J connectivity index is 1.43. The molecule has 218 valence electrons. The van der Waals surface area contributed by atoms with Gasteiger partial charge in [0.1, 0.15) is 11.4 Å². The number of aryl methyl sites for hydroxylation is 1.